The molecule has 5 nitrogen and oxygen atoms in total. The number of phenolic OH excluding ortho intramolecular Hbond substituents is 1. The van der Waals surface area contributed by atoms with Crippen LogP contribution in [0.25, 0.3) is 0 Å². The number of nitrogens with zero attached hydrogens (tertiary/aromatic N) is 1. The Balaban J connectivity index is 2.19. The first-order valence-corrected chi connectivity index (χ1v) is 7.80. The van der Waals surface area contributed by atoms with Gasteiger partial charge in [-0.2, -0.15) is 0 Å². The third kappa shape index (κ3) is 4.49. The maximum atomic E-state index is 12.4. The summed E-state index contributed by atoms with van der Waals surface area (Å²) in [6.07, 6.45) is 0.384. The molecule has 0 fully saturated rings. The van der Waals surface area contributed by atoms with Crippen molar-refractivity contribution in [3.8, 4) is 5.75 Å². The summed E-state index contributed by atoms with van der Waals surface area (Å²) in [7, 11) is 3.29. The molecule has 0 aromatic heterocycles. The molecular weight excluding hydrogens is 328 g/mol. The Morgan fingerprint density at radius 2 is 1.83 bits per heavy atom. The van der Waals surface area contributed by atoms with E-state index in [4.69, 9.17) is 11.6 Å². The van der Waals surface area contributed by atoms with Crippen LogP contribution in [-0.4, -0.2) is 42.0 Å². The smallest absolute Gasteiger partial charge is 0.251 e. The van der Waals surface area contributed by atoms with Crippen LogP contribution in [0.1, 0.15) is 15.9 Å². The molecule has 0 aliphatic heterocycles. The lowest BCUT2D eigenvalue weighted by Crippen LogP contribution is -2.47. The van der Waals surface area contributed by atoms with Crippen molar-refractivity contribution in [2.24, 2.45) is 0 Å². The van der Waals surface area contributed by atoms with Crippen molar-refractivity contribution in [2.75, 3.05) is 14.1 Å². The van der Waals surface area contributed by atoms with Gasteiger partial charge in [0.15, 0.2) is 0 Å². The maximum Gasteiger partial charge on any atom is 0.251 e. The highest BCUT2D eigenvalue weighted by Gasteiger charge is 2.23. The van der Waals surface area contributed by atoms with E-state index in [9.17, 15) is 14.7 Å². The van der Waals surface area contributed by atoms with Crippen LogP contribution in [0.2, 0.25) is 5.02 Å². The van der Waals surface area contributed by atoms with Crippen molar-refractivity contribution < 1.29 is 14.7 Å². The topological polar surface area (TPSA) is 69.6 Å². The minimum Gasteiger partial charge on any atom is -0.506 e. The van der Waals surface area contributed by atoms with Gasteiger partial charge in [-0.05, 0) is 23.8 Å². The average molecular weight is 347 g/mol. The standard InChI is InChI=1S/C18H19ClN2O3/c1-21(2)18(24)15(10-12-6-4-3-5-7-12)20-17(23)13-8-9-16(22)14(19)11-13/h3-9,11,15,22H,10H2,1-2H3,(H,20,23)/t15-/m0/s1. The van der Waals surface area contributed by atoms with Crippen molar-refractivity contribution in [1.82, 2.24) is 10.2 Å². The number of rotatable bonds is 5. The Labute approximate surface area is 145 Å². The van der Waals surface area contributed by atoms with Gasteiger partial charge in [-0.3, -0.25) is 9.59 Å². The Morgan fingerprint density at radius 3 is 2.42 bits per heavy atom. The van der Waals surface area contributed by atoms with Gasteiger partial charge in [-0.15, -0.1) is 0 Å². The normalized spacial score (nSPS) is 11.6. The molecule has 0 heterocycles. The molecule has 1 atom stereocenters. The van der Waals surface area contributed by atoms with Crippen molar-refractivity contribution in [3.63, 3.8) is 0 Å². The van der Waals surface area contributed by atoms with Crippen molar-refractivity contribution in [2.45, 2.75) is 12.5 Å². The van der Waals surface area contributed by atoms with E-state index in [0.29, 0.717) is 6.42 Å². The minimum absolute atomic E-state index is 0.0844. The second-order valence-electron chi connectivity index (χ2n) is 5.61. The molecule has 2 amide bonds. The molecule has 0 aliphatic rings. The van der Waals surface area contributed by atoms with E-state index in [1.807, 2.05) is 30.3 Å². The summed E-state index contributed by atoms with van der Waals surface area (Å²) in [4.78, 5) is 26.2. The molecule has 0 saturated heterocycles. The molecular formula is C18H19ClN2O3. The third-order valence-electron chi connectivity index (χ3n) is 3.54. The molecule has 126 valence electrons. The summed E-state index contributed by atoms with van der Waals surface area (Å²) in [5, 5.41) is 12.3. The fraction of sp³-hybridized carbons (Fsp3) is 0.222. The molecule has 0 unspecified atom stereocenters. The lowest BCUT2D eigenvalue weighted by Gasteiger charge is -2.22. The summed E-state index contributed by atoms with van der Waals surface area (Å²) in [6, 6.07) is 12.9. The van der Waals surface area contributed by atoms with Gasteiger partial charge >= 0.3 is 0 Å². The average Bonchev–Trinajstić information content (AvgIpc) is 2.56. The second-order valence-corrected chi connectivity index (χ2v) is 6.02. The molecule has 2 aromatic rings. The van der Waals surface area contributed by atoms with Gasteiger partial charge in [0.1, 0.15) is 11.8 Å². The summed E-state index contributed by atoms with van der Waals surface area (Å²) in [5.41, 5.74) is 1.23. The highest BCUT2D eigenvalue weighted by Crippen LogP contribution is 2.23. The first kappa shape index (κ1) is 17.8. The summed E-state index contributed by atoms with van der Waals surface area (Å²) < 4.78 is 0. The Morgan fingerprint density at radius 1 is 1.17 bits per heavy atom. The van der Waals surface area contributed by atoms with Crippen LogP contribution in [0.15, 0.2) is 48.5 Å². The minimum atomic E-state index is -0.692. The molecule has 24 heavy (non-hydrogen) atoms. The van der Waals surface area contributed by atoms with Crippen LogP contribution >= 0.6 is 11.6 Å². The fourth-order valence-corrected chi connectivity index (χ4v) is 2.43. The van der Waals surface area contributed by atoms with Gasteiger partial charge in [0, 0.05) is 26.1 Å². The van der Waals surface area contributed by atoms with E-state index in [1.54, 1.807) is 14.1 Å². The first-order chi connectivity index (χ1) is 11.4. The monoisotopic (exact) mass is 346 g/mol. The summed E-state index contributed by atoms with van der Waals surface area (Å²) >= 11 is 5.83. The van der Waals surface area contributed by atoms with E-state index in [0.717, 1.165) is 5.56 Å². The van der Waals surface area contributed by atoms with Crippen LogP contribution in [0.5, 0.6) is 5.75 Å². The van der Waals surface area contributed by atoms with Crippen LogP contribution in [0.3, 0.4) is 0 Å². The highest BCUT2D eigenvalue weighted by atomic mass is 35.5. The predicted molar refractivity (Wildman–Crippen MR) is 93.2 cm³/mol. The number of hydrogen-bond donors (Lipinski definition) is 2. The molecule has 2 rings (SSSR count). The zero-order valence-corrected chi connectivity index (χ0v) is 14.2. The van der Waals surface area contributed by atoms with Gasteiger partial charge in [0.05, 0.1) is 5.02 Å². The van der Waals surface area contributed by atoms with Crippen molar-refractivity contribution >= 4 is 23.4 Å². The zero-order chi connectivity index (χ0) is 17.7. The molecule has 0 spiro atoms. The lowest BCUT2D eigenvalue weighted by atomic mass is 10.0. The lowest BCUT2D eigenvalue weighted by molar-refractivity contribution is -0.130. The molecule has 0 radical (unpaired) electrons. The third-order valence-corrected chi connectivity index (χ3v) is 3.84. The number of carbonyl (C=O) groups is 2. The summed E-state index contributed by atoms with van der Waals surface area (Å²) in [5.74, 6) is -0.719. The second kappa shape index (κ2) is 7.84. The molecule has 0 bridgehead atoms. The number of halogens is 1. The van der Waals surface area contributed by atoms with Crippen molar-refractivity contribution in [1.29, 1.82) is 0 Å². The maximum absolute atomic E-state index is 12.4. The number of likely N-dealkylation sites (N-methyl/N-ethyl adjacent to an activating group) is 1. The molecule has 0 aliphatic carbocycles. The molecule has 2 N–H and O–H groups in total. The Hall–Kier alpha value is -2.53. The van der Waals surface area contributed by atoms with Crippen molar-refractivity contribution in [3.05, 3.63) is 64.7 Å². The zero-order valence-electron chi connectivity index (χ0n) is 13.5. The number of benzene rings is 2. The Bertz CT molecular complexity index is 732. The number of phenols is 1. The van der Waals surface area contributed by atoms with E-state index >= 15 is 0 Å². The Kier molecular flexibility index (Phi) is 5.82. The highest BCUT2D eigenvalue weighted by molar-refractivity contribution is 6.32. The molecule has 6 heteroatoms. The van der Waals surface area contributed by atoms with Gasteiger partial charge < -0.3 is 15.3 Å². The largest absolute Gasteiger partial charge is 0.506 e. The van der Waals surface area contributed by atoms with E-state index in [2.05, 4.69) is 5.32 Å². The van der Waals surface area contributed by atoms with Gasteiger partial charge in [-0.1, -0.05) is 41.9 Å². The predicted octanol–water partition coefficient (Wildman–Crippen LogP) is 2.47. The number of nitrogens with one attached hydrogen (secondary N) is 1. The van der Waals surface area contributed by atoms with Gasteiger partial charge in [0.25, 0.3) is 5.91 Å². The number of hydrogen-bond acceptors (Lipinski definition) is 3. The van der Waals surface area contributed by atoms with E-state index in [1.165, 1.54) is 23.1 Å². The van der Waals surface area contributed by atoms with Crippen LogP contribution in [0.4, 0.5) is 0 Å². The number of amides is 2. The van der Waals surface area contributed by atoms with Crippen LogP contribution in [-0.2, 0) is 11.2 Å². The molecule has 2 aromatic carbocycles. The number of carbonyl (C=O) groups excluding carboxylic acids is 2. The van der Waals surface area contributed by atoms with Gasteiger partial charge in [0.2, 0.25) is 5.91 Å². The quantitative estimate of drug-likeness (QED) is 0.873. The molecule has 0 saturated carbocycles. The van der Waals surface area contributed by atoms with E-state index in [-0.39, 0.29) is 22.2 Å². The number of aromatic hydroxyl groups is 1. The SMILES string of the molecule is CN(C)C(=O)[C@H](Cc1ccccc1)NC(=O)c1ccc(O)c(Cl)c1. The van der Waals surface area contributed by atoms with E-state index < -0.39 is 11.9 Å². The van der Waals surface area contributed by atoms with Gasteiger partial charge in [-0.25, -0.2) is 0 Å². The van der Waals surface area contributed by atoms with Crippen LogP contribution < -0.4 is 5.32 Å². The first-order valence-electron chi connectivity index (χ1n) is 7.43. The fourth-order valence-electron chi connectivity index (χ4n) is 2.25. The summed E-state index contributed by atoms with van der Waals surface area (Å²) in [6.45, 7) is 0. The van der Waals surface area contributed by atoms with Crippen LogP contribution in [0, 0.1) is 0 Å².